The van der Waals surface area contributed by atoms with Crippen LogP contribution < -0.4 is 11.3 Å². The lowest BCUT2D eigenvalue weighted by atomic mass is 9.74. The maximum absolute atomic E-state index is 10.7. The molecule has 3 heteroatoms. The lowest BCUT2D eigenvalue weighted by Crippen LogP contribution is -2.31. The van der Waals surface area contributed by atoms with Gasteiger partial charge < -0.3 is 0 Å². The van der Waals surface area contributed by atoms with E-state index in [2.05, 4.69) is 12.3 Å². The van der Waals surface area contributed by atoms with Crippen LogP contribution >= 0.6 is 0 Å². The van der Waals surface area contributed by atoms with Gasteiger partial charge in [0.25, 0.3) is 0 Å². The fourth-order valence-electron chi connectivity index (χ4n) is 1.71. The highest BCUT2D eigenvalue weighted by molar-refractivity contribution is 5.75. The number of hydrogen-bond acceptors (Lipinski definition) is 2. The Morgan fingerprint density at radius 3 is 2.73 bits per heavy atom. The molecule has 0 unspecified atom stereocenters. The number of hydrazine groups is 1. The Kier molecular flexibility index (Phi) is 2.88. The van der Waals surface area contributed by atoms with E-state index in [1.807, 2.05) is 0 Å². The zero-order valence-electron chi connectivity index (χ0n) is 6.97. The third-order valence-electron chi connectivity index (χ3n) is 2.41. The Labute approximate surface area is 67.3 Å². The van der Waals surface area contributed by atoms with Gasteiger partial charge in [-0.15, -0.1) is 0 Å². The number of nitrogens with one attached hydrogen (secondary N) is 1. The van der Waals surface area contributed by atoms with Gasteiger partial charge in [-0.3, -0.25) is 10.2 Å². The molecule has 0 aromatic carbocycles. The molecule has 1 aliphatic carbocycles. The van der Waals surface area contributed by atoms with Gasteiger partial charge in [0.05, 0.1) is 0 Å². The number of carbonyl (C=O) groups is 1. The van der Waals surface area contributed by atoms with Crippen LogP contribution in [0.15, 0.2) is 0 Å². The third kappa shape index (κ3) is 2.50. The Balaban J connectivity index is 2.00. The van der Waals surface area contributed by atoms with E-state index in [4.69, 9.17) is 5.84 Å². The monoisotopic (exact) mass is 156 g/mol. The summed E-state index contributed by atoms with van der Waals surface area (Å²) in [5.41, 5.74) is 2.14. The molecular weight excluding hydrogens is 140 g/mol. The lowest BCUT2D eigenvalue weighted by Gasteiger charge is -2.32. The smallest absolute Gasteiger partial charge is 0.233 e. The van der Waals surface area contributed by atoms with Crippen molar-refractivity contribution in [1.29, 1.82) is 0 Å². The van der Waals surface area contributed by atoms with Crippen molar-refractivity contribution in [2.45, 2.75) is 32.6 Å². The van der Waals surface area contributed by atoms with Gasteiger partial charge >= 0.3 is 0 Å². The molecule has 1 fully saturated rings. The highest BCUT2D eigenvalue weighted by Gasteiger charge is 2.25. The molecule has 0 aromatic rings. The van der Waals surface area contributed by atoms with E-state index in [1.54, 1.807) is 0 Å². The van der Waals surface area contributed by atoms with Crippen molar-refractivity contribution in [2.24, 2.45) is 17.7 Å². The second kappa shape index (κ2) is 3.72. The minimum atomic E-state index is -0.0375. The average Bonchev–Trinajstić information content (AvgIpc) is 1.95. The lowest BCUT2D eigenvalue weighted by molar-refractivity contribution is -0.121. The van der Waals surface area contributed by atoms with Gasteiger partial charge in [0, 0.05) is 6.42 Å². The van der Waals surface area contributed by atoms with E-state index in [-0.39, 0.29) is 5.91 Å². The van der Waals surface area contributed by atoms with Crippen molar-refractivity contribution in [1.82, 2.24) is 5.43 Å². The molecule has 1 saturated carbocycles. The first-order valence-electron chi connectivity index (χ1n) is 4.21. The third-order valence-corrected chi connectivity index (χ3v) is 2.41. The highest BCUT2D eigenvalue weighted by Crippen LogP contribution is 2.35. The first kappa shape index (κ1) is 8.53. The molecule has 11 heavy (non-hydrogen) atoms. The average molecular weight is 156 g/mol. The molecule has 1 rings (SSSR count). The summed E-state index contributed by atoms with van der Waals surface area (Å²) in [6.45, 7) is 2.25. The molecule has 0 heterocycles. The zero-order valence-corrected chi connectivity index (χ0v) is 6.97. The van der Waals surface area contributed by atoms with Crippen LogP contribution in [0.5, 0.6) is 0 Å². The summed E-state index contributed by atoms with van der Waals surface area (Å²) >= 11 is 0. The van der Waals surface area contributed by atoms with Gasteiger partial charge in [0.15, 0.2) is 0 Å². The van der Waals surface area contributed by atoms with Crippen LogP contribution in [-0.4, -0.2) is 5.91 Å². The van der Waals surface area contributed by atoms with Crippen LogP contribution in [0.25, 0.3) is 0 Å². The quantitative estimate of drug-likeness (QED) is 0.361. The maximum atomic E-state index is 10.7. The normalized spacial score (nSPS) is 29.3. The second-order valence-electron chi connectivity index (χ2n) is 3.55. The summed E-state index contributed by atoms with van der Waals surface area (Å²) in [7, 11) is 0. The molecule has 1 amide bonds. The summed E-state index contributed by atoms with van der Waals surface area (Å²) in [6.07, 6.45) is 4.18. The molecule has 3 nitrogen and oxygen atoms in total. The van der Waals surface area contributed by atoms with Gasteiger partial charge in [-0.2, -0.15) is 0 Å². The molecule has 0 spiro atoms. The van der Waals surface area contributed by atoms with Gasteiger partial charge in [-0.1, -0.05) is 6.92 Å². The SMILES string of the molecule is C[C@H]1C[C@H](CCC(=O)NN)C1. The summed E-state index contributed by atoms with van der Waals surface area (Å²) in [5.74, 6) is 6.56. The first-order chi connectivity index (χ1) is 5.22. The van der Waals surface area contributed by atoms with Crippen molar-refractivity contribution >= 4 is 5.91 Å². The number of rotatable bonds is 3. The van der Waals surface area contributed by atoms with Gasteiger partial charge in [0.1, 0.15) is 0 Å². The van der Waals surface area contributed by atoms with Crippen LogP contribution in [0, 0.1) is 11.8 Å². The molecule has 1 aliphatic rings. The van der Waals surface area contributed by atoms with Crippen molar-refractivity contribution in [3.05, 3.63) is 0 Å². The maximum Gasteiger partial charge on any atom is 0.233 e. The van der Waals surface area contributed by atoms with Crippen LogP contribution in [0.4, 0.5) is 0 Å². The van der Waals surface area contributed by atoms with Crippen molar-refractivity contribution in [3.63, 3.8) is 0 Å². The van der Waals surface area contributed by atoms with Gasteiger partial charge in [0.2, 0.25) is 5.91 Å². The summed E-state index contributed by atoms with van der Waals surface area (Å²) in [4.78, 5) is 10.7. The van der Waals surface area contributed by atoms with Crippen LogP contribution in [0.3, 0.4) is 0 Å². The Hall–Kier alpha value is -0.570. The van der Waals surface area contributed by atoms with Crippen LogP contribution in [0.1, 0.15) is 32.6 Å². The van der Waals surface area contributed by atoms with E-state index in [1.165, 1.54) is 12.8 Å². The van der Waals surface area contributed by atoms with Crippen molar-refractivity contribution in [2.75, 3.05) is 0 Å². The van der Waals surface area contributed by atoms with Crippen LogP contribution in [-0.2, 0) is 4.79 Å². The van der Waals surface area contributed by atoms with Crippen LogP contribution in [0.2, 0.25) is 0 Å². The standard InChI is InChI=1S/C8H16N2O/c1-6-4-7(5-6)2-3-8(11)10-9/h6-7H,2-5,9H2,1H3,(H,10,11)/t6-,7-. The van der Waals surface area contributed by atoms with E-state index in [0.29, 0.717) is 6.42 Å². The van der Waals surface area contributed by atoms with E-state index in [0.717, 1.165) is 18.3 Å². The molecule has 0 aromatic heterocycles. The van der Waals surface area contributed by atoms with E-state index >= 15 is 0 Å². The summed E-state index contributed by atoms with van der Waals surface area (Å²) < 4.78 is 0. The van der Waals surface area contributed by atoms with Gasteiger partial charge in [-0.25, -0.2) is 5.84 Å². The van der Waals surface area contributed by atoms with Crippen molar-refractivity contribution < 1.29 is 4.79 Å². The predicted octanol–water partition coefficient (Wildman–Crippen LogP) is 0.803. The Bertz CT molecular complexity index is 141. The molecular formula is C8H16N2O. The number of hydrogen-bond donors (Lipinski definition) is 2. The molecule has 0 bridgehead atoms. The molecule has 3 N–H and O–H groups in total. The number of amides is 1. The predicted molar refractivity (Wildman–Crippen MR) is 43.5 cm³/mol. The molecule has 0 saturated heterocycles. The largest absolute Gasteiger partial charge is 0.294 e. The topological polar surface area (TPSA) is 55.1 Å². The zero-order chi connectivity index (χ0) is 8.27. The second-order valence-corrected chi connectivity index (χ2v) is 3.55. The molecule has 0 atom stereocenters. The van der Waals surface area contributed by atoms with E-state index in [9.17, 15) is 4.79 Å². The number of carbonyl (C=O) groups excluding carboxylic acids is 1. The first-order valence-corrected chi connectivity index (χ1v) is 4.21. The highest BCUT2D eigenvalue weighted by atomic mass is 16.2. The fourth-order valence-corrected chi connectivity index (χ4v) is 1.71. The van der Waals surface area contributed by atoms with Crippen molar-refractivity contribution in [3.8, 4) is 0 Å². The minimum Gasteiger partial charge on any atom is -0.294 e. The molecule has 0 radical (unpaired) electrons. The fraction of sp³-hybridized carbons (Fsp3) is 0.875. The van der Waals surface area contributed by atoms with Gasteiger partial charge in [-0.05, 0) is 31.1 Å². The molecule has 64 valence electrons. The Morgan fingerprint density at radius 1 is 1.64 bits per heavy atom. The Morgan fingerprint density at radius 2 is 2.27 bits per heavy atom. The minimum absolute atomic E-state index is 0.0375. The number of nitrogens with two attached hydrogens (primary N) is 1. The summed E-state index contributed by atoms with van der Waals surface area (Å²) in [6, 6.07) is 0. The summed E-state index contributed by atoms with van der Waals surface area (Å²) in [5, 5.41) is 0. The molecule has 0 aliphatic heterocycles. The van der Waals surface area contributed by atoms with E-state index < -0.39 is 0 Å².